The van der Waals surface area contributed by atoms with Crippen LogP contribution in [0.15, 0.2) is 70.5 Å². The number of aromatic nitrogens is 4. The van der Waals surface area contributed by atoms with Crippen molar-refractivity contribution in [2.24, 2.45) is 0 Å². The standard InChI is InChI=1S/C22H20N4O3/c1-15-4-3-5-17(12-15)14-25-20-19(23-10-11-24-20)21(27)26(22(25)28)13-16-6-8-18(29-2)9-7-16/h3-12H,13-14H2,1-2H3. The highest BCUT2D eigenvalue weighted by Crippen LogP contribution is 2.12. The van der Waals surface area contributed by atoms with Crippen LogP contribution in [0.1, 0.15) is 16.7 Å². The van der Waals surface area contributed by atoms with Gasteiger partial charge in [-0.05, 0) is 30.2 Å². The van der Waals surface area contributed by atoms with Crippen molar-refractivity contribution in [1.82, 2.24) is 19.1 Å². The van der Waals surface area contributed by atoms with Crippen LogP contribution < -0.4 is 16.0 Å². The molecule has 2 heterocycles. The third kappa shape index (κ3) is 3.67. The van der Waals surface area contributed by atoms with Gasteiger partial charge in [-0.3, -0.25) is 13.9 Å². The predicted octanol–water partition coefficient (Wildman–Crippen LogP) is 2.37. The van der Waals surface area contributed by atoms with Crippen molar-refractivity contribution in [1.29, 1.82) is 0 Å². The molecule has 0 saturated heterocycles. The van der Waals surface area contributed by atoms with E-state index < -0.39 is 11.2 Å². The Hall–Kier alpha value is -3.74. The first kappa shape index (κ1) is 18.6. The lowest BCUT2D eigenvalue weighted by Gasteiger charge is -2.13. The SMILES string of the molecule is COc1ccc(Cn2c(=O)c3nccnc3n(Cc3cccc(C)c3)c2=O)cc1. The lowest BCUT2D eigenvalue weighted by atomic mass is 10.1. The zero-order chi connectivity index (χ0) is 20.4. The number of rotatable bonds is 5. The van der Waals surface area contributed by atoms with E-state index in [2.05, 4.69) is 9.97 Å². The Morgan fingerprint density at radius 1 is 0.897 bits per heavy atom. The Morgan fingerprint density at radius 2 is 1.62 bits per heavy atom. The van der Waals surface area contributed by atoms with Gasteiger partial charge in [0, 0.05) is 12.4 Å². The van der Waals surface area contributed by atoms with Crippen molar-refractivity contribution in [2.45, 2.75) is 20.0 Å². The van der Waals surface area contributed by atoms with Crippen LogP contribution >= 0.6 is 0 Å². The Balaban J connectivity index is 1.86. The van der Waals surface area contributed by atoms with Crippen LogP contribution in [0.25, 0.3) is 11.2 Å². The van der Waals surface area contributed by atoms with Crippen LogP contribution in [0, 0.1) is 6.92 Å². The van der Waals surface area contributed by atoms with Crippen LogP contribution in [0.5, 0.6) is 5.75 Å². The number of methoxy groups -OCH3 is 1. The van der Waals surface area contributed by atoms with E-state index in [1.54, 1.807) is 19.2 Å². The molecule has 4 rings (SSSR count). The zero-order valence-corrected chi connectivity index (χ0v) is 16.2. The summed E-state index contributed by atoms with van der Waals surface area (Å²) in [4.78, 5) is 34.7. The fraction of sp³-hybridized carbons (Fsp3) is 0.182. The molecular weight excluding hydrogens is 368 g/mol. The maximum Gasteiger partial charge on any atom is 0.333 e. The molecule has 7 nitrogen and oxygen atoms in total. The average Bonchev–Trinajstić information content (AvgIpc) is 2.75. The minimum Gasteiger partial charge on any atom is -0.497 e. The highest BCUT2D eigenvalue weighted by molar-refractivity contribution is 5.68. The summed E-state index contributed by atoms with van der Waals surface area (Å²) in [5, 5.41) is 0. The summed E-state index contributed by atoms with van der Waals surface area (Å²) in [6.07, 6.45) is 2.95. The second kappa shape index (κ2) is 7.71. The van der Waals surface area contributed by atoms with Crippen LogP contribution in [0.2, 0.25) is 0 Å². The van der Waals surface area contributed by atoms with Gasteiger partial charge >= 0.3 is 5.69 Å². The normalized spacial score (nSPS) is 11.0. The molecule has 0 N–H and O–H groups in total. The summed E-state index contributed by atoms with van der Waals surface area (Å²) in [6.45, 7) is 2.44. The Morgan fingerprint density at radius 3 is 2.34 bits per heavy atom. The van der Waals surface area contributed by atoms with Crippen molar-refractivity contribution < 1.29 is 4.74 Å². The molecule has 0 aliphatic carbocycles. The molecule has 0 saturated carbocycles. The van der Waals surface area contributed by atoms with E-state index in [-0.39, 0.29) is 17.7 Å². The van der Waals surface area contributed by atoms with Gasteiger partial charge in [-0.2, -0.15) is 0 Å². The second-order valence-corrected chi connectivity index (χ2v) is 6.83. The highest BCUT2D eigenvalue weighted by atomic mass is 16.5. The summed E-state index contributed by atoms with van der Waals surface area (Å²) in [5.74, 6) is 0.710. The molecule has 2 aromatic heterocycles. The van der Waals surface area contributed by atoms with Gasteiger partial charge in [0.15, 0.2) is 11.2 Å². The van der Waals surface area contributed by atoms with E-state index in [9.17, 15) is 9.59 Å². The van der Waals surface area contributed by atoms with E-state index in [1.165, 1.54) is 21.5 Å². The summed E-state index contributed by atoms with van der Waals surface area (Å²) >= 11 is 0. The molecule has 4 aromatic rings. The Labute approximate surface area is 166 Å². The summed E-state index contributed by atoms with van der Waals surface area (Å²) in [6, 6.07) is 15.1. The predicted molar refractivity (Wildman–Crippen MR) is 110 cm³/mol. The molecule has 146 valence electrons. The summed E-state index contributed by atoms with van der Waals surface area (Å²) in [5.41, 5.74) is 2.46. The molecule has 0 spiro atoms. The van der Waals surface area contributed by atoms with Crippen molar-refractivity contribution in [3.8, 4) is 5.75 Å². The smallest absolute Gasteiger partial charge is 0.333 e. The summed E-state index contributed by atoms with van der Waals surface area (Å²) in [7, 11) is 1.59. The number of nitrogens with zero attached hydrogens (tertiary/aromatic N) is 4. The third-order valence-electron chi connectivity index (χ3n) is 4.77. The van der Waals surface area contributed by atoms with Crippen molar-refractivity contribution in [3.05, 3.63) is 98.5 Å². The molecule has 2 aromatic carbocycles. The first-order valence-electron chi connectivity index (χ1n) is 9.19. The molecule has 0 aliphatic heterocycles. The largest absolute Gasteiger partial charge is 0.497 e. The van der Waals surface area contributed by atoms with Crippen LogP contribution in [-0.4, -0.2) is 26.2 Å². The molecule has 7 heteroatoms. The van der Waals surface area contributed by atoms with Gasteiger partial charge in [0.05, 0.1) is 20.2 Å². The minimum absolute atomic E-state index is 0.141. The molecular formula is C22H20N4O3. The third-order valence-corrected chi connectivity index (χ3v) is 4.77. The first-order chi connectivity index (χ1) is 14.1. The topological polar surface area (TPSA) is 79.0 Å². The van der Waals surface area contributed by atoms with Crippen LogP contribution in [0.4, 0.5) is 0 Å². The molecule has 0 aliphatic rings. The number of fused-ring (bicyclic) bond motifs is 1. The molecule has 0 radical (unpaired) electrons. The number of hydrogen-bond donors (Lipinski definition) is 0. The van der Waals surface area contributed by atoms with Gasteiger partial charge in [0.25, 0.3) is 5.56 Å². The van der Waals surface area contributed by atoms with Gasteiger partial charge in [0.1, 0.15) is 5.75 Å². The van der Waals surface area contributed by atoms with E-state index in [4.69, 9.17) is 4.74 Å². The zero-order valence-electron chi connectivity index (χ0n) is 16.2. The van der Waals surface area contributed by atoms with E-state index >= 15 is 0 Å². The van der Waals surface area contributed by atoms with E-state index in [1.807, 2.05) is 43.3 Å². The molecule has 0 amide bonds. The van der Waals surface area contributed by atoms with Gasteiger partial charge < -0.3 is 4.74 Å². The fourth-order valence-corrected chi connectivity index (χ4v) is 3.32. The van der Waals surface area contributed by atoms with Gasteiger partial charge in [-0.15, -0.1) is 0 Å². The average molecular weight is 388 g/mol. The van der Waals surface area contributed by atoms with Crippen molar-refractivity contribution in [2.75, 3.05) is 7.11 Å². The number of ether oxygens (including phenoxy) is 1. The summed E-state index contributed by atoms with van der Waals surface area (Å²) < 4.78 is 7.87. The number of hydrogen-bond acceptors (Lipinski definition) is 5. The molecule has 0 unspecified atom stereocenters. The van der Waals surface area contributed by atoms with E-state index in [0.29, 0.717) is 12.3 Å². The fourth-order valence-electron chi connectivity index (χ4n) is 3.32. The lowest BCUT2D eigenvalue weighted by Crippen LogP contribution is -2.41. The van der Waals surface area contributed by atoms with Gasteiger partial charge in [0.2, 0.25) is 0 Å². The van der Waals surface area contributed by atoms with Crippen LogP contribution in [-0.2, 0) is 13.1 Å². The molecule has 29 heavy (non-hydrogen) atoms. The molecule has 0 bridgehead atoms. The number of benzene rings is 2. The van der Waals surface area contributed by atoms with Gasteiger partial charge in [-0.1, -0.05) is 42.0 Å². The number of aryl methyl sites for hydroxylation is 1. The Kier molecular flexibility index (Phi) is 4.95. The Bertz CT molecular complexity index is 1290. The first-order valence-corrected chi connectivity index (χ1v) is 9.19. The quantitative estimate of drug-likeness (QED) is 0.524. The van der Waals surface area contributed by atoms with E-state index in [0.717, 1.165) is 16.7 Å². The minimum atomic E-state index is -0.450. The molecule has 0 atom stereocenters. The van der Waals surface area contributed by atoms with Crippen LogP contribution in [0.3, 0.4) is 0 Å². The van der Waals surface area contributed by atoms with Gasteiger partial charge in [-0.25, -0.2) is 14.8 Å². The van der Waals surface area contributed by atoms with Crippen molar-refractivity contribution in [3.63, 3.8) is 0 Å². The molecule has 0 fully saturated rings. The maximum absolute atomic E-state index is 13.3. The monoisotopic (exact) mass is 388 g/mol. The lowest BCUT2D eigenvalue weighted by molar-refractivity contribution is 0.414. The maximum atomic E-state index is 13.3. The second-order valence-electron chi connectivity index (χ2n) is 6.83. The van der Waals surface area contributed by atoms with Crippen molar-refractivity contribution >= 4 is 11.2 Å². The highest BCUT2D eigenvalue weighted by Gasteiger charge is 2.16.